The van der Waals surface area contributed by atoms with Crippen LogP contribution in [-0.2, 0) is 14.9 Å². The zero-order valence-corrected chi connectivity index (χ0v) is 21.7. The molecule has 196 valence electrons. The number of unbranched alkanes of at least 4 members (excludes halogenated alkanes) is 11. The summed E-state index contributed by atoms with van der Waals surface area (Å²) in [4.78, 5) is 12.3. The molecule has 0 rings (SSSR count). The molecular formula is C25H49NO6S. The maximum atomic E-state index is 12.3. The zero-order chi connectivity index (χ0) is 25.0. The van der Waals surface area contributed by atoms with Crippen LogP contribution in [0.2, 0.25) is 0 Å². The van der Waals surface area contributed by atoms with Gasteiger partial charge in [0.05, 0.1) is 17.9 Å². The highest BCUT2D eigenvalue weighted by atomic mass is 32.2. The van der Waals surface area contributed by atoms with Crippen molar-refractivity contribution in [3.8, 4) is 0 Å². The van der Waals surface area contributed by atoms with Gasteiger partial charge in [0.15, 0.2) is 0 Å². The molecule has 0 radical (unpaired) electrons. The molecule has 0 aliphatic rings. The van der Waals surface area contributed by atoms with Gasteiger partial charge >= 0.3 is 0 Å². The molecule has 0 aromatic rings. The van der Waals surface area contributed by atoms with Gasteiger partial charge in [-0.3, -0.25) is 9.35 Å². The molecule has 0 aliphatic heterocycles. The summed E-state index contributed by atoms with van der Waals surface area (Å²) < 4.78 is 31.9. The molecule has 0 aliphatic carbocycles. The Labute approximate surface area is 202 Å². The molecule has 0 bridgehead atoms. The number of carbonyl (C=O) groups is 1. The standard InChI is InChI=1S/C25H49NO6S/c1-3-5-7-9-11-12-13-14-16-18-20-24(28)25(29)26-22(21-33(30,31)32)23(27)19-17-15-10-8-6-4-2/h9,11,22-24,27-28H,3-8,10,12-21H2,1-2H3,(H,26,29)(H,30,31,32)/b11-9-. The highest BCUT2D eigenvalue weighted by molar-refractivity contribution is 7.85. The maximum absolute atomic E-state index is 12.3. The lowest BCUT2D eigenvalue weighted by atomic mass is 10.0. The Morgan fingerprint density at radius 3 is 1.91 bits per heavy atom. The predicted molar refractivity (Wildman–Crippen MR) is 135 cm³/mol. The van der Waals surface area contributed by atoms with E-state index in [9.17, 15) is 28.0 Å². The van der Waals surface area contributed by atoms with Crippen molar-refractivity contribution < 1.29 is 28.0 Å². The van der Waals surface area contributed by atoms with Gasteiger partial charge in [0.1, 0.15) is 6.10 Å². The second-order valence-corrected chi connectivity index (χ2v) is 10.6. The third-order valence-electron chi connectivity index (χ3n) is 5.83. The van der Waals surface area contributed by atoms with E-state index in [4.69, 9.17) is 0 Å². The van der Waals surface area contributed by atoms with Gasteiger partial charge in [-0.15, -0.1) is 0 Å². The SMILES string of the molecule is CCCC/C=C\CCCCCCC(O)C(=O)NC(CS(=O)(=O)O)C(O)CCCCCCCC. The molecule has 0 heterocycles. The summed E-state index contributed by atoms with van der Waals surface area (Å²) in [5.41, 5.74) is 0. The molecule has 0 fully saturated rings. The normalized spacial score (nSPS) is 14.9. The van der Waals surface area contributed by atoms with Gasteiger partial charge < -0.3 is 15.5 Å². The fourth-order valence-corrected chi connectivity index (χ4v) is 4.49. The molecule has 3 atom stereocenters. The summed E-state index contributed by atoms with van der Waals surface area (Å²) in [6.45, 7) is 4.31. The molecular weight excluding hydrogens is 442 g/mol. The van der Waals surface area contributed by atoms with Crippen LogP contribution in [0.1, 0.15) is 117 Å². The van der Waals surface area contributed by atoms with E-state index in [-0.39, 0.29) is 6.42 Å². The number of hydrogen-bond acceptors (Lipinski definition) is 5. The van der Waals surface area contributed by atoms with Gasteiger partial charge in [-0.25, -0.2) is 0 Å². The molecule has 1 amide bonds. The summed E-state index contributed by atoms with van der Waals surface area (Å²) in [7, 11) is -4.38. The molecule has 0 saturated carbocycles. The topological polar surface area (TPSA) is 124 Å². The number of amides is 1. The second kappa shape index (κ2) is 20.4. The molecule has 0 aromatic heterocycles. The molecule has 0 spiro atoms. The number of rotatable bonds is 22. The first-order chi connectivity index (χ1) is 15.7. The average Bonchev–Trinajstić information content (AvgIpc) is 2.75. The lowest BCUT2D eigenvalue weighted by Gasteiger charge is -2.24. The molecule has 33 heavy (non-hydrogen) atoms. The van der Waals surface area contributed by atoms with Crippen LogP contribution in [0.4, 0.5) is 0 Å². The van der Waals surface area contributed by atoms with E-state index in [1.165, 1.54) is 12.8 Å². The fraction of sp³-hybridized carbons (Fsp3) is 0.880. The highest BCUT2D eigenvalue weighted by Gasteiger charge is 2.28. The van der Waals surface area contributed by atoms with Gasteiger partial charge in [-0.05, 0) is 32.1 Å². The minimum absolute atomic E-state index is 0.282. The molecule has 3 unspecified atom stereocenters. The minimum atomic E-state index is -4.38. The number of hydrogen-bond donors (Lipinski definition) is 4. The summed E-state index contributed by atoms with van der Waals surface area (Å²) >= 11 is 0. The van der Waals surface area contributed by atoms with Crippen LogP contribution < -0.4 is 5.32 Å². The first-order valence-electron chi connectivity index (χ1n) is 13.0. The summed E-state index contributed by atoms with van der Waals surface area (Å²) in [6, 6.07) is -1.14. The predicted octanol–water partition coefficient (Wildman–Crippen LogP) is 4.92. The first-order valence-corrected chi connectivity index (χ1v) is 14.6. The summed E-state index contributed by atoms with van der Waals surface area (Å²) in [5, 5.41) is 23.0. The van der Waals surface area contributed by atoms with Crippen molar-refractivity contribution in [3.05, 3.63) is 12.2 Å². The molecule has 8 heteroatoms. The fourth-order valence-electron chi connectivity index (χ4n) is 3.73. The Bertz CT molecular complexity index is 608. The number of nitrogens with one attached hydrogen (secondary N) is 1. The Morgan fingerprint density at radius 2 is 1.30 bits per heavy atom. The van der Waals surface area contributed by atoms with E-state index in [1.807, 2.05) is 0 Å². The number of aliphatic hydroxyl groups is 2. The van der Waals surface area contributed by atoms with Crippen LogP contribution >= 0.6 is 0 Å². The summed E-state index contributed by atoms with van der Waals surface area (Å²) in [5.74, 6) is -1.47. The largest absolute Gasteiger partial charge is 0.391 e. The van der Waals surface area contributed by atoms with Gasteiger partial charge in [0, 0.05) is 0 Å². The number of aliphatic hydroxyl groups excluding tert-OH is 2. The average molecular weight is 492 g/mol. The van der Waals surface area contributed by atoms with Crippen molar-refractivity contribution in [1.82, 2.24) is 5.32 Å². The Balaban J connectivity index is 4.29. The van der Waals surface area contributed by atoms with E-state index in [0.717, 1.165) is 64.2 Å². The lowest BCUT2D eigenvalue weighted by molar-refractivity contribution is -0.131. The molecule has 7 nitrogen and oxygen atoms in total. The van der Waals surface area contributed by atoms with Crippen molar-refractivity contribution in [3.63, 3.8) is 0 Å². The maximum Gasteiger partial charge on any atom is 0.266 e. The van der Waals surface area contributed by atoms with Gasteiger partial charge in [-0.2, -0.15) is 8.42 Å². The van der Waals surface area contributed by atoms with Crippen molar-refractivity contribution in [2.45, 2.75) is 135 Å². The summed E-state index contributed by atoms with van der Waals surface area (Å²) in [6.07, 6.45) is 17.1. The Hall–Kier alpha value is -0.960. The molecule has 4 N–H and O–H groups in total. The van der Waals surface area contributed by atoms with Crippen molar-refractivity contribution >= 4 is 16.0 Å². The monoisotopic (exact) mass is 491 g/mol. The number of carbonyl (C=O) groups excluding carboxylic acids is 1. The number of allylic oxidation sites excluding steroid dienone is 2. The van der Waals surface area contributed by atoms with Gasteiger partial charge in [0.25, 0.3) is 10.1 Å². The zero-order valence-electron chi connectivity index (χ0n) is 20.9. The third-order valence-corrected chi connectivity index (χ3v) is 6.61. The smallest absolute Gasteiger partial charge is 0.266 e. The second-order valence-electron chi connectivity index (χ2n) is 9.11. The van der Waals surface area contributed by atoms with E-state index < -0.39 is 40.0 Å². The first kappa shape index (κ1) is 32.0. The van der Waals surface area contributed by atoms with E-state index in [2.05, 4.69) is 31.3 Å². The third kappa shape index (κ3) is 20.2. The molecule has 0 aromatic carbocycles. The van der Waals surface area contributed by atoms with Crippen LogP contribution in [0.3, 0.4) is 0 Å². The molecule has 0 saturated heterocycles. The van der Waals surface area contributed by atoms with Gasteiger partial charge in [0.2, 0.25) is 5.91 Å². The Kier molecular flexibility index (Phi) is 19.8. The van der Waals surface area contributed by atoms with Crippen molar-refractivity contribution in [2.75, 3.05) is 5.75 Å². The van der Waals surface area contributed by atoms with E-state index in [0.29, 0.717) is 19.3 Å². The van der Waals surface area contributed by atoms with Crippen molar-refractivity contribution in [1.29, 1.82) is 0 Å². The minimum Gasteiger partial charge on any atom is -0.391 e. The Morgan fingerprint density at radius 1 is 0.788 bits per heavy atom. The lowest BCUT2D eigenvalue weighted by Crippen LogP contribution is -2.50. The quantitative estimate of drug-likeness (QED) is 0.0968. The van der Waals surface area contributed by atoms with Crippen LogP contribution in [-0.4, -0.2) is 53.1 Å². The van der Waals surface area contributed by atoms with Crippen molar-refractivity contribution in [2.24, 2.45) is 0 Å². The van der Waals surface area contributed by atoms with E-state index >= 15 is 0 Å². The van der Waals surface area contributed by atoms with Crippen LogP contribution in [0.15, 0.2) is 12.2 Å². The highest BCUT2D eigenvalue weighted by Crippen LogP contribution is 2.13. The van der Waals surface area contributed by atoms with Gasteiger partial charge in [-0.1, -0.05) is 96.6 Å². The van der Waals surface area contributed by atoms with E-state index in [1.54, 1.807) is 0 Å². The van der Waals surface area contributed by atoms with Crippen LogP contribution in [0.25, 0.3) is 0 Å². The van der Waals surface area contributed by atoms with Crippen LogP contribution in [0.5, 0.6) is 0 Å². The van der Waals surface area contributed by atoms with Crippen LogP contribution in [0, 0.1) is 0 Å².